The van der Waals surface area contributed by atoms with Crippen LogP contribution >= 0.6 is 0 Å². The van der Waals surface area contributed by atoms with Crippen LogP contribution in [0.3, 0.4) is 0 Å². The van der Waals surface area contributed by atoms with Crippen LogP contribution in [0.4, 0.5) is 0 Å². The van der Waals surface area contributed by atoms with E-state index in [4.69, 9.17) is 28.4 Å². The average Bonchev–Trinajstić information content (AvgIpc) is 3.63. The van der Waals surface area contributed by atoms with Crippen LogP contribution in [0.2, 0.25) is 0 Å². The lowest BCUT2D eigenvalue weighted by Gasteiger charge is -2.72. The van der Waals surface area contributed by atoms with Gasteiger partial charge in [0.25, 0.3) is 0 Å². The summed E-state index contributed by atoms with van der Waals surface area (Å²) in [5.41, 5.74) is -2.29. The van der Waals surface area contributed by atoms with Crippen molar-refractivity contribution in [2.75, 3.05) is 19.8 Å². The fourth-order valence-electron chi connectivity index (χ4n) is 14.6. The molecule has 12 N–H and O–H groups in total. The van der Waals surface area contributed by atoms with Crippen molar-refractivity contribution >= 4 is 0 Å². The van der Waals surface area contributed by atoms with Crippen LogP contribution in [0.25, 0.3) is 0 Å². The van der Waals surface area contributed by atoms with Crippen molar-refractivity contribution in [3.05, 3.63) is 11.6 Å². The number of aliphatic hydroxyl groups is 12. The van der Waals surface area contributed by atoms with Crippen LogP contribution in [0.1, 0.15) is 107 Å². The van der Waals surface area contributed by atoms with Crippen molar-refractivity contribution in [2.45, 2.75) is 217 Å². The molecule has 0 aromatic heterocycles. The smallest absolute Gasteiger partial charge is 0.187 e. The Morgan fingerprint density at radius 1 is 0.708 bits per heavy atom. The van der Waals surface area contributed by atoms with Gasteiger partial charge in [0, 0.05) is 0 Å². The minimum absolute atomic E-state index is 0.0635. The third-order valence-electron chi connectivity index (χ3n) is 18.3. The van der Waals surface area contributed by atoms with Crippen molar-refractivity contribution in [3.8, 4) is 0 Å². The molecule has 0 amide bonds. The van der Waals surface area contributed by atoms with E-state index in [0.717, 1.165) is 5.57 Å². The maximum absolute atomic E-state index is 12.7. The highest BCUT2D eigenvalue weighted by Gasteiger charge is 2.74. The van der Waals surface area contributed by atoms with Crippen LogP contribution < -0.4 is 0 Å². The van der Waals surface area contributed by atoms with Crippen molar-refractivity contribution in [1.82, 2.24) is 0 Å². The first kappa shape index (κ1) is 51.9. The van der Waals surface area contributed by atoms with Gasteiger partial charge in [-0.15, -0.1) is 0 Å². The first-order valence-electron chi connectivity index (χ1n) is 23.9. The molecule has 4 saturated carbocycles. The lowest BCUT2D eigenvalue weighted by molar-refractivity contribution is -0.354. The molecular weight excluding hydrogens is 852 g/mol. The molecule has 0 radical (unpaired) electrons. The molecule has 25 atom stereocenters. The number of allylic oxidation sites excluding steroid dienone is 2. The first-order chi connectivity index (χ1) is 30.3. The van der Waals surface area contributed by atoms with Gasteiger partial charge >= 0.3 is 0 Å². The molecule has 0 aromatic rings. The van der Waals surface area contributed by atoms with Gasteiger partial charge in [0.2, 0.25) is 0 Å². The number of hydrogen-bond acceptors (Lipinski definition) is 18. The van der Waals surface area contributed by atoms with Crippen molar-refractivity contribution in [1.29, 1.82) is 0 Å². The van der Waals surface area contributed by atoms with Gasteiger partial charge in [-0.2, -0.15) is 0 Å². The van der Waals surface area contributed by atoms with Crippen molar-refractivity contribution in [2.24, 2.45) is 45.3 Å². The van der Waals surface area contributed by atoms with Gasteiger partial charge in [0.1, 0.15) is 67.1 Å². The summed E-state index contributed by atoms with van der Waals surface area (Å²) in [5, 5.41) is 131. The Hall–Kier alpha value is -0.980. The van der Waals surface area contributed by atoms with Crippen molar-refractivity contribution in [3.63, 3.8) is 0 Å². The highest BCUT2D eigenvalue weighted by molar-refractivity contribution is 5.22. The number of hydrogen-bond donors (Lipinski definition) is 12. The average molecular weight is 933 g/mol. The van der Waals surface area contributed by atoms with Crippen LogP contribution in [0, 0.1) is 45.3 Å². The second kappa shape index (κ2) is 19.0. The van der Waals surface area contributed by atoms with Crippen LogP contribution in [0.5, 0.6) is 0 Å². The zero-order chi connectivity index (χ0) is 47.9. The molecule has 18 nitrogen and oxygen atoms in total. The summed E-state index contributed by atoms with van der Waals surface area (Å²) in [6.07, 6.45) is -16.7. The van der Waals surface area contributed by atoms with E-state index in [1.807, 2.05) is 34.6 Å². The van der Waals surface area contributed by atoms with E-state index >= 15 is 0 Å². The predicted molar refractivity (Wildman–Crippen MR) is 229 cm³/mol. The molecule has 3 aliphatic heterocycles. The number of aliphatic hydroxyl groups excluding tert-OH is 12. The van der Waals surface area contributed by atoms with Gasteiger partial charge in [0.05, 0.1) is 43.7 Å². The van der Waals surface area contributed by atoms with Gasteiger partial charge in [-0.25, -0.2) is 0 Å². The maximum atomic E-state index is 12.7. The van der Waals surface area contributed by atoms with E-state index < -0.39 is 145 Å². The minimum Gasteiger partial charge on any atom is -0.394 e. The summed E-state index contributed by atoms with van der Waals surface area (Å²) >= 11 is 0. The van der Waals surface area contributed by atoms with E-state index in [-0.39, 0.29) is 30.3 Å². The normalized spacial score (nSPS) is 53.0. The van der Waals surface area contributed by atoms with Crippen LogP contribution in [0.15, 0.2) is 11.6 Å². The van der Waals surface area contributed by atoms with E-state index in [1.54, 1.807) is 0 Å². The number of fused-ring (bicyclic) bond motifs is 5. The summed E-state index contributed by atoms with van der Waals surface area (Å²) < 4.78 is 37.0. The molecular formula is C47H80O18. The van der Waals surface area contributed by atoms with Crippen LogP contribution in [-0.4, -0.2) is 191 Å². The van der Waals surface area contributed by atoms with Gasteiger partial charge in [-0.05, 0) is 117 Å². The fraction of sp³-hybridized carbons (Fsp3) is 0.957. The lowest BCUT2D eigenvalue weighted by Crippen LogP contribution is -2.71. The third-order valence-corrected chi connectivity index (χ3v) is 18.3. The van der Waals surface area contributed by atoms with Gasteiger partial charge in [-0.3, -0.25) is 0 Å². The zero-order valence-electron chi connectivity index (χ0n) is 39.3. The van der Waals surface area contributed by atoms with E-state index in [0.29, 0.717) is 51.4 Å². The summed E-state index contributed by atoms with van der Waals surface area (Å²) in [4.78, 5) is 0. The molecule has 0 spiro atoms. The molecule has 7 rings (SSSR count). The summed E-state index contributed by atoms with van der Waals surface area (Å²) in [5.74, 6) is -1.03. The maximum Gasteiger partial charge on any atom is 0.187 e. The number of rotatable bonds is 12. The van der Waals surface area contributed by atoms with Crippen molar-refractivity contribution < 1.29 is 89.7 Å². The van der Waals surface area contributed by atoms with E-state index in [9.17, 15) is 61.3 Å². The summed E-state index contributed by atoms with van der Waals surface area (Å²) in [6, 6.07) is 0. The quantitative estimate of drug-likeness (QED) is 0.0874. The molecule has 4 aliphatic carbocycles. The van der Waals surface area contributed by atoms with Crippen LogP contribution in [-0.2, 0) is 28.4 Å². The molecule has 0 bridgehead atoms. The fourth-order valence-corrected chi connectivity index (χ4v) is 14.6. The Bertz CT molecular complexity index is 1660. The molecule has 376 valence electrons. The highest BCUT2D eigenvalue weighted by Crippen LogP contribution is 2.76. The first-order valence-corrected chi connectivity index (χ1v) is 23.9. The third kappa shape index (κ3) is 8.83. The van der Waals surface area contributed by atoms with E-state index in [1.165, 1.54) is 0 Å². The Morgan fingerprint density at radius 2 is 1.32 bits per heavy atom. The SMILES string of the molecule is CC(C)=CCC[C@](C)(O[C@H]1O[C@@H](CO)[C@H](O)[C@@H](O)[C@@H]1O)[C@H]1CC[C@]2(C)[C@@H]1[C@H](O)C[C@@H]1[C@@]3(C)CC[C@H](O)C(C)(C)[C@@H]3[C@@H](O[C@H]3O[C@@H](CO[C@H]4OC[C@H](O)[C@@H](O)[C@@H]4O)[C@H](O)[C@@H](O)[C@@H]3O)C[C@]12C. The lowest BCUT2D eigenvalue weighted by atomic mass is 9.34. The predicted octanol–water partition coefficient (Wildman–Crippen LogP) is -0.417. The van der Waals surface area contributed by atoms with Gasteiger partial charge in [-0.1, -0.05) is 46.3 Å². The second-order valence-electron chi connectivity index (χ2n) is 22.6. The molecule has 3 saturated heterocycles. The standard InChI is InChI=1S/C47H80O18/c1-21(2)10-9-13-47(8,65-42-38(59)34(55)32(53)26(18-48)63-42)22-11-15-45(6)30(22)23(49)16-28-44(5)14-12-29(51)43(3,4)39(44)25(17-46(28,45)7)62-41-37(58)35(56)33(54)27(64-41)20-61-40-36(57)31(52)24(50)19-60-40/h10,22-42,48-59H,9,11-20H2,1-8H3/t22-,23+,24-,25-,26-,27-,28+,29-,30-,31+,32-,33-,34+,35+,36-,37-,38-,39-,40+,41-,42+,44+,45+,46+,47-/m0/s1. The molecule has 18 heteroatoms. The minimum atomic E-state index is -1.73. The largest absolute Gasteiger partial charge is 0.394 e. The summed E-state index contributed by atoms with van der Waals surface area (Å²) in [7, 11) is 0. The second-order valence-corrected chi connectivity index (χ2v) is 22.6. The molecule has 3 heterocycles. The molecule has 0 aromatic carbocycles. The topological polar surface area (TPSA) is 298 Å². The molecule has 7 aliphatic rings. The van der Waals surface area contributed by atoms with E-state index in [2.05, 4.69) is 26.8 Å². The number of ether oxygens (including phenoxy) is 6. The summed E-state index contributed by atoms with van der Waals surface area (Å²) in [6.45, 7) is 15.3. The van der Waals surface area contributed by atoms with Gasteiger partial charge < -0.3 is 89.7 Å². The molecule has 65 heavy (non-hydrogen) atoms. The zero-order valence-corrected chi connectivity index (χ0v) is 39.3. The monoisotopic (exact) mass is 933 g/mol. The Labute approximate surface area is 382 Å². The Kier molecular flexibility index (Phi) is 15.1. The van der Waals surface area contributed by atoms with Gasteiger partial charge in [0.15, 0.2) is 18.9 Å². The molecule has 7 fully saturated rings. The Morgan fingerprint density at radius 3 is 1.97 bits per heavy atom. The highest BCUT2D eigenvalue weighted by atomic mass is 16.7. The Balaban J connectivity index is 1.21. The molecule has 0 unspecified atom stereocenters.